The third-order valence-corrected chi connectivity index (χ3v) is 5.34. The van der Waals surface area contributed by atoms with Crippen LogP contribution in [0.25, 0.3) is 0 Å². The monoisotopic (exact) mass is 442 g/mol. The van der Waals surface area contributed by atoms with Crippen LogP contribution in [0.15, 0.2) is 78.9 Å². The molecule has 1 atom stereocenters. The van der Waals surface area contributed by atoms with Gasteiger partial charge in [-0.3, -0.25) is 14.4 Å². The maximum absolute atomic E-state index is 12.7. The minimum atomic E-state index is -1.00. The van der Waals surface area contributed by atoms with E-state index in [1.54, 1.807) is 36.4 Å². The number of hydrogen-bond acceptors (Lipinski definition) is 5. The first-order valence-electron chi connectivity index (χ1n) is 10.6. The summed E-state index contributed by atoms with van der Waals surface area (Å²) in [6.45, 7) is 1.91. The van der Waals surface area contributed by atoms with E-state index in [2.05, 4.69) is 5.32 Å². The van der Waals surface area contributed by atoms with Crippen LogP contribution in [0.3, 0.4) is 0 Å². The van der Waals surface area contributed by atoms with E-state index in [4.69, 9.17) is 4.74 Å². The second kappa shape index (κ2) is 9.48. The summed E-state index contributed by atoms with van der Waals surface area (Å²) < 4.78 is 5.29. The van der Waals surface area contributed by atoms with Crippen molar-refractivity contribution in [2.24, 2.45) is 0 Å². The third-order valence-electron chi connectivity index (χ3n) is 5.34. The summed E-state index contributed by atoms with van der Waals surface area (Å²) in [6, 6.07) is 22.3. The lowest BCUT2D eigenvalue weighted by molar-refractivity contribution is -0.129. The molecule has 166 valence electrons. The summed E-state index contributed by atoms with van der Waals surface area (Å²) in [6.07, 6.45) is -0.341. The lowest BCUT2D eigenvalue weighted by atomic mass is 10.1. The molecule has 0 spiro atoms. The van der Waals surface area contributed by atoms with E-state index < -0.39 is 29.8 Å². The number of hydrogen-bond donors (Lipinski definition) is 1. The molecule has 0 saturated heterocycles. The van der Waals surface area contributed by atoms with Crippen molar-refractivity contribution >= 4 is 29.4 Å². The van der Waals surface area contributed by atoms with E-state index >= 15 is 0 Å². The lowest BCUT2D eigenvalue weighted by Crippen LogP contribution is -2.37. The number of nitrogens with one attached hydrogen (secondary N) is 1. The third kappa shape index (κ3) is 4.67. The highest BCUT2D eigenvalue weighted by molar-refractivity contribution is 6.34. The Morgan fingerprint density at radius 3 is 2.18 bits per heavy atom. The Labute approximate surface area is 191 Å². The molecule has 7 heteroatoms. The van der Waals surface area contributed by atoms with Crippen molar-refractivity contribution in [3.63, 3.8) is 0 Å². The fraction of sp³-hybridized carbons (Fsp3) is 0.154. The molecular weight excluding hydrogens is 420 g/mol. The summed E-state index contributed by atoms with van der Waals surface area (Å²) >= 11 is 0. The smallest absolute Gasteiger partial charge is 0.338 e. The summed E-state index contributed by atoms with van der Waals surface area (Å²) in [5.74, 6) is -2.03. The quantitative estimate of drug-likeness (QED) is 0.447. The SMILES string of the molecule is CC(OC(=O)c1cccc(N2C(=O)c3ccccc3C2=O)c1)C(=O)NCCc1ccccc1. The molecule has 0 fully saturated rings. The van der Waals surface area contributed by atoms with Crippen LogP contribution < -0.4 is 10.2 Å². The standard InChI is InChI=1S/C26H22N2O5/c1-17(23(29)27-15-14-18-8-3-2-4-9-18)33-26(32)19-10-7-11-20(16-19)28-24(30)21-12-5-6-13-22(21)25(28)31/h2-13,16-17H,14-15H2,1H3,(H,27,29). The number of esters is 1. The van der Waals surface area contributed by atoms with Crippen molar-refractivity contribution in [1.29, 1.82) is 0 Å². The van der Waals surface area contributed by atoms with Gasteiger partial charge in [0.15, 0.2) is 6.10 Å². The Balaban J connectivity index is 1.38. The van der Waals surface area contributed by atoms with Crippen LogP contribution in [0, 0.1) is 0 Å². The van der Waals surface area contributed by atoms with Crippen molar-refractivity contribution < 1.29 is 23.9 Å². The van der Waals surface area contributed by atoms with Crippen molar-refractivity contribution in [2.75, 3.05) is 11.4 Å². The average Bonchev–Trinajstić information content (AvgIpc) is 3.09. The molecule has 3 aromatic carbocycles. The lowest BCUT2D eigenvalue weighted by Gasteiger charge is -2.16. The normalized spacial score (nSPS) is 13.4. The van der Waals surface area contributed by atoms with E-state index in [0.717, 1.165) is 10.5 Å². The number of benzene rings is 3. The first kappa shape index (κ1) is 22.0. The molecular formula is C26H22N2O5. The van der Waals surface area contributed by atoms with E-state index in [-0.39, 0.29) is 11.3 Å². The van der Waals surface area contributed by atoms with E-state index in [1.165, 1.54) is 19.1 Å². The van der Waals surface area contributed by atoms with Gasteiger partial charge in [-0.15, -0.1) is 0 Å². The van der Waals surface area contributed by atoms with Crippen molar-refractivity contribution in [2.45, 2.75) is 19.4 Å². The zero-order chi connectivity index (χ0) is 23.4. The number of carbonyl (C=O) groups excluding carboxylic acids is 4. The number of ether oxygens (including phenoxy) is 1. The molecule has 0 saturated carbocycles. The molecule has 33 heavy (non-hydrogen) atoms. The van der Waals surface area contributed by atoms with Crippen LogP contribution in [0.4, 0.5) is 5.69 Å². The molecule has 0 radical (unpaired) electrons. The fourth-order valence-electron chi connectivity index (χ4n) is 3.60. The predicted octanol–water partition coefficient (Wildman–Crippen LogP) is 3.39. The van der Waals surface area contributed by atoms with Gasteiger partial charge in [-0.25, -0.2) is 9.69 Å². The summed E-state index contributed by atoms with van der Waals surface area (Å²) in [7, 11) is 0. The molecule has 0 aliphatic carbocycles. The van der Waals surface area contributed by atoms with Gasteiger partial charge in [-0.05, 0) is 49.2 Å². The molecule has 1 heterocycles. The number of carbonyl (C=O) groups is 4. The molecule has 1 aliphatic heterocycles. The number of imide groups is 1. The highest BCUT2D eigenvalue weighted by Gasteiger charge is 2.36. The largest absolute Gasteiger partial charge is 0.449 e. The molecule has 7 nitrogen and oxygen atoms in total. The van der Waals surface area contributed by atoms with Gasteiger partial charge in [-0.2, -0.15) is 0 Å². The second-order valence-corrected chi connectivity index (χ2v) is 7.62. The van der Waals surface area contributed by atoms with Gasteiger partial charge in [0.2, 0.25) is 0 Å². The van der Waals surface area contributed by atoms with Gasteiger partial charge in [0.05, 0.1) is 22.4 Å². The Bertz CT molecular complexity index is 1190. The maximum Gasteiger partial charge on any atom is 0.338 e. The Morgan fingerprint density at radius 2 is 1.52 bits per heavy atom. The molecule has 3 amide bonds. The van der Waals surface area contributed by atoms with Crippen molar-refractivity contribution in [3.05, 3.63) is 101 Å². The first-order chi connectivity index (χ1) is 16.0. The van der Waals surface area contributed by atoms with Crippen LogP contribution in [0.1, 0.15) is 43.6 Å². The second-order valence-electron chi connectivity index (χ2n) is 7.62. The van der Waals surface area contributed by atoms with Crippen LogP contribution in [0.2, 0.25) is 0 Å². The van der Waals surface area contributed by atoms with Gasteiger partial charge in [0.25, 0.3) is 17.7 Å². The van der Waals surface area contributed by atoms with Gasteiger partial charge < -0.3 is 10.1 Å². The van der Waals surface area contributed by atoms with Crippen LogP contribution in [-0.4, -0.2) is 36.3 Å². The number of anilines is 1. The van der Waals surface area contributed by atoms with Crippen LogP contribution in [0.5, 0.6) is 0 Å². The Morgan fingerprint density at radius 1 is 0.879 bits per heavy atom. The van der Waals surface area contributed by atoms with E-state index in [0.29, 0.717) is 24.1 Å². The molecule has 0 aromatic heterocycles. The topological polar surface area (TPSA) is 92.8 Å². The summed E-state index contributed by atoms with van der Waals surface area (Å²) in [5.41, 5.74) is 2.11. The molecule has 0 bridgehead atoms. The molecule has 3 aromatic rings. The number of rotatable bonds is 7. The van der Waals surface area contributed by atoms with Gasteiger partial charge in [-0.1, -0.05) is 48.5 Å². The summed E-state index contributed by atoms with van der Waals surface area (Å²) in [4.78, 5) is 51.3. The minimum absolute atomic E-state index is 0.132. The predicted molar refractivity (Wildman–Crippen MR) is 122 cm³/mol. The van der Waals surface area contributed by atoms with E-state index in [1.807, 2.05) is 30.3 Å². The van der Waals surface area contributed by atoms with Crippen molar-refractivity contribution in [3.8, 4) is 0 Å². The Kier molecular flexibility index (Phi) is 6.31. The molecule has 4 rings (SSSR count). The van der Waals surface area contributed by atoms with Crippen molar-refractivity contribution in [1.82, 2.24) is 5.32 Å². The maximum atomic E-state index is 12.7. The van der Waals surface area contributed by atoms with Crippen LogP contribution >= 0.6 is 0 Å². The zero-order valence-electron chi connectivity index (χ0n) is 18.0. The highest BCUT2D eigenvalue weighted by Crippen LogP contribution is 2.28. The van der Waals surface area contributed by atoms with Gasteiger partial charge >= 0.3 is 5.97 Å². The molecule has 1 N–H and O–H groups in total. The van der Waals surface area contributed by atoms with Crippen LogP contribution in [-0.2, 0) is 16.0 Å². The minimum Gasteiger partial charge on any atom is -0.449 e. The number of amides is 3. The molecule has 1 aliphatic rings. The van der Waals surface area contributed by atoms with Gasteiger partial charge in [0, 0.05) is 6.54 Å². The highest BCUT2D eigenvalue weighted by atomic mass is 16.5. The fourth-order valence-corrected chi connectivity index (χ4v) is 3.60. The summed E-state index contributed by atoms with van der Waals surface area (Å²) in [5, 5.41) is 2.75. The average molecular weight is 442 g/mol. The first-order valence-corrected chi connectivity index (χ1v) is 10.6. The molecule has 1 unspecified atom stereocenters. The number of fused-ring (bicyclic) bond motifs is 1. The Hall–Kier alpha value is -4.26. The van der Waals surface area contributed by atoms with E-state index in [9.17, 15) is 19.2 Å². The zero-order valence-corrected chi connectivity index (χ0v) is 18.0. The number of nitrogens with zero attached hydrogens (tertiary/aromatic N) is 1. The van der Waals surface area contributed by atoms with Gasteiger partial charge in [0.1, 0.15) is 0 Å².